The molecule has 1 saturated heterocycles. The number of nitrogens with one attached hydrogen (secondary N) is 2. The van der Waals surface area contributed by atoms with Crippen LogP contribution >= 0.6 is 0 Å². The lowest BCUT2D eigenvalue weighted by Crippen LogP contribution is -2.64. The van der Waals surface area contributed by atoms with Crippen molar-refractivity contribution < 1.29 is 14.3 Å². The third kappa shape index (κ3) is 3.60. The molecule has 138 valence electrons. The van der Waals surface area contributed by atoms with Crippen molar-refractivity contribution in [3.8, 4) is 16.9 Å². The molecule has 3 N–H and O–H groups in total. The van der Waals surface area contributed by atoms with Crippen LogP contribution in [0.5, 0.6) is 0 Å². The van der Waals surface area contributed by atoms with E-state index >= 15 is 0 Å². The van der Waals surface area contributed by atoms with E-state index in [1.165, 1.54) is 12.1 Å². The minimum Gasteiger partial charge on any atom is -0.385 e. The smallest absolute Gasteiger partial charge is 0.251 e. The van der Waals surface area contributed by atoms with Crippen molar-refractivity contribution in [3.05, 3.63) is 72.2 Å². The zero-order chi connectivity index (χ0) is 18.9. The molecule has 1 amide bonds. The van der Waals surface area contributed by atoms with Crippen molar-refractivity contribution in [3.63, 3.8) is 0 Å². The van der Waals surface area contributed by atoms with E-state index in [2.05, 4.69) is 15.7 Å². The lowest BCUT2D eigenvalue weighted by Gasteiger charge is -2.37. The van der Waals surface area contributed by atoms with Crippen molar-refractivity contribution in [2.24, 2.45) is 0 Å². The van der Waals surface area contributed by atoms with Gasteiger partial charge in [0.1, 0.15) is 11.4 Å². The fourth-order valence-electron chi connectivity index (χ4n) is 2.99. The minimum absolute atomic E-state index is 0.217. The van der Waals surface area contributed by atoms with Crippen molar-refractivity contribution >= 4 is 5.91 Å². The molecule has 0 spiro atoms. The van der Waals surface area contributed by atoms with Crippen LogP contribution in [-0.4, -0.2) is 46.0 Å². The quantitative estimate of drug-likeness (QED) is 0.643. The molecule has 0 atom stereocenters. The zero-order valence-electron chi connectivity index (χ0n) is 14.5. The van der Waals surface area contributed by atoms with E-state index < -0.39 is 5.60 Å². The highest BCUT2D eigenvalue weighted by molar-refractivity contribution is 5.94. The number of β-amino-alcohol motifs (C(OH)–C–C–N with tert-alkyl or cyclic N) is 1. The first kappa shape index (κ1) is 17.4. The minimum atomic E-state index is -0.852. The number of rotatable bonds is 5. The molecule has 2 aromatic carbocycles. The van der Waals surface area contributed by atoms with Gasteiger partial charge in [-0.1, -0.05) is 0 Å². The average Bonchev–Trinajstić information content (AvgIpc) is 3.15. The van der Waals surface area contributed by atoms with Crippen LogP contribution in [0.15, 0.2) is 60.8 Å². The first-order valence-electron chi connectivity index (χ1n) is 8.66. The van der Waals surface area contributed by atoms with Gasteiger partial charge in [-0.2, -0.15) is 5.10 Å². The topological polar surface area (TPSA) is 79.2 Å². The van der Waals surface area contributed by atoms with Gasteiger partial charge in [-0.15, -0.1) is 0 Å². The maximum atomic E-state index is 13.2. The molecular formula is C20H19FN4O2. The number of amides is 1. The van der Waals surface area contributed by atoms with Gasteiger partial charge in [-0.3, -0.25) is 4.79 Å². The molecule has 1 aromatic heterocycles. The van der Waals surface area contributed by atoms with Crippen molar-refractivity contribution in [1.82, 2.24) is 20.4 Å². The molecule has 1 aliphatic heterocycles. The number of hydrogen-bond acceptors (Lipinski definition) is 4. The standard InChI is InChI=1S/C20H19FN4O2/c21-16-5-1-14(2-6-16)18-9-10-24-25(18)17-7-3-15(4-8-17)19(26)23-13-20(27)11-22-12-20/h1-10,22,27H,11-13H2,(H,23,26). The summed E-state index contributed by atoms with van der Waals surface area (Å²) in [5.74, 6) is -0.524. The molecule has 27 heavy (non-hydrogen) atoms. The number of hydrogen-bond donors (Lipinski definition) is 3. The molecule has 1 aliphatic rings. The summed E-state index contributed by atoms with van der Waals surface area (Å²) in [6.45, 7) is 1.18. The van der Waals surface area contributed by atoms with Crippen LogP contribution in [0.4, 0.5) is 4.39 Å². The second kappa shape index (κ2) is 6.94. The zero-order valence-corrected chi connectivity index (χ0v) is 14.5. The van der Waals surface area contributed by atoms with Gasteiger partial charge in [0.05, 0.1) is 17.6 Å². The number of aliphatic hydroxyl groups is 1. The molecular weight excluding hydrogens is 347 g/mol. The highest BCUT2D eigenvalue weighted by Crippen LogP contribution is 2.23. The molecule has 0 radical (unpaired) electrons. The lowest BCUT2D eigenvalue weighted by molar-refractivity contribution is -0.00759. The molecule has 6 nitrogen and oxygen atoms in total. The van der Waals surface area contributed by atoms with Crippen LogP contribution in [-0.2, 0) is 0 Å². The lowest BCUT2D eigenvalue weighted by atomic mass is 9.97. The predicted molar refractivity (Wildman–Crippen MR) is 99.1 cm³/mol. The van der Waals surface area contributed by atoms with Gasteiger partial charge in [-0.25, -0.2) is 9.07 Å². The third-order valence-corrected chi connectivity index (χ3v) is 4.64. The monoisotopic (exact) mass is 366 g/mol. The number of benzene rings is 2. The van der Waals surface area contributed by atoms with Gasteiger partial charge in [0.2, 0.25) is 0 Å². The molecule has 4 rings (SSSR count). The maximum absolute atomic E-state index is 13.2. The van der Waals surface area contributed by atoms with Gasteiger partial charge >= 0.3 is 0 Å². The second-order valence-electron chi connectivity index (χ2n) is 6.69. The van der Waals surface area contributed by atoms with Crippen LogP contribution < -0.4 is 10.6 Å². The van der Waals surface area contributed by atoms with Gasteiger partial charge < -0.3 is 15.7 Å². The molecule has 7 heteroatoms. The van der Waals surface area contributed by atoms with Crippen molar-refractivity contribution in [1.29, 1.82) is 0 Å². The number of carbonyl (C=O) groups is 1. The van der Waals surface area contributed by atoms with Gasteiger partial charge in [0, 0.05) is 30.8 Å². The van der Waals surface area contributed by atoms with Crippen LogP contribution in [0.3, 0.4) is 0 Å². The van der Waals surface area contributed by atoms with E-state index in [0.717, 1.165) is 16.9 Å². The molecule has 0 unspecified atom stereocenters. The van der Waals surface area contributed by atoms with Crippen LogP contribution in [0, 0.1) is 5.82 Å². The molecule has 0 bridgehead atoms. The predicted octanol–water partition coefficient (Wildman–Crippen LogP) is 1.74. The third-order valence-electron chi connectivity index (χ3n) is 4.64. The van der Waals surface area contributed by atoms with Crippen LogP contribution in [0.25, 0.3) is 16.9 Å². The van der Waals surface area contributed by atoms with Crippen molar-refractivity contribution in [2.75, 3.05) is 19.6 Å². The average molecular weight is 366 g/mol. The first-order chi connectivity index (χ1) is 13.0. The Morgan fingerprint density at radius 1 is 1.15 bits per heavy atom. The number of nitrogens with zero attached hydrogens (tertiary/aromatic N) is 2. The van der Waals surface area contributed by atoms with E-state index in [0.29, 0.717) is 18.7 Å². The van der Waals surface area contributed by atoms with Gasteiger partial charge in [0.25, 0.3) is 5.91 Å². The summed E-state index contributed by atoms with van der Waals surface area (Å²) in [5, 5.41) is 20.1. The van der Waals surface area contributed by atoms with E-state index in [-0.39, 0.29) is 18.3 Å². The Hall–Kier alpha value is -3.03. The van der Waals surface area contributed by atoms with Crippen LogP contribution in [0.2, 0.25) is 0 Å². The summed E-state index contributed by atoms with van der Waals surface area (Å²) >= 11 is 0. The number of carbonyl (C=O) groups excluding carboxylic acids is 1. The fraction of sp³-hybridized carbons (Fsp3) is 0.200. The number of aromatic nitrogens is 2. The molecule has 3 aromatic rings. The Bertz CT molecular complexity index is 947. The summed E-state index contributed by atoms with van der Waals surface area (Å²) in [6.07, 6.45) is 1.67. The Morgan fingerprint density at radius 3 is 2.48 bits per heavy atom. The fourth-order valence-corrected chi connectivity index (χ4v) is 2.99. The number of halogens is 1. The van der Waals surface area contributed by atoms with E-state index in [1.807, 2.05) is 6.07 Å². The summed E-state index contributed by atoms with van der Waals surface area (Å²) < 4.78 is 14.9. The summed E-state index contributed by atoms with van der Waals surface area (Å²) in [6, 6.07) is 15.1. The Kier molecular flexibility index (Phi) is 4.47. The Balaban J connectivity index is 1.50. The summed E-state index contributed by atoms with van der Waals surface area (Å²) in [4.78, 5) is 12.2. The maximum Gasteiger partial charge on any atom is 0.251 e. The summed E-state index contributed by atoms with van der Waals surface area (Å²) in [7, 11) is 0. The molecule has 0 saturated carbocycles. The largest absolute Gasteiger partial charge is 0.385 e. The van der Waals surface area contributed by atoms with E-state index in [4.69, 9.17) is 0 Å². The highest BCUT2D eigenvalue weighted by atomic mass is 19.1. The molecule has 2 heterocycles. The summed E-state index contributed by atoms with van der Waals surface area (Å²) in [5.41, 5.74) is 2.11. The van der Waals surface area contributed by atoms with E-state index in [1.54, 1.807) is 47.3 Å². The molecule has 0 aliphatic carbocycles. The normalized spacial score (nSPS) is 15.2. The van der Waals surface area contributed by atoms with Gasteiger partial charge in [-0.05, 0) is 54.6 Å². The Labute approximate surface area is 155 Å². The van der Waals surface area contributed by atoms with Crippen molar-refractivity contribution in [2.45, 2.75) is 5.60 Å². The highest BCUT2D eigenvalue weighted by Gasteiger charge is 2.34. The van der Waals surface area contributed by atoms with Gasteiger partial charge in [0.15, 0.2) is 0 Å². The second-order valence-corrected chi connectivity index (χ2v) is 6.69. The Morgan fingerprint density at radius 2 is 1.85 bits per heavy atom. The molecule has 1 fully saturated rings. The SMILES string of the molecule is O=C(NCC1(O)CNC1)c1ccc(-n2nccc2-c2ccc(F)cc2)cc1. The van der Waals surface area contributed by atoms with Crippen LogP contribution in [0.1, 0.15) is 10.4 Å². The first-order valence-corrected chi connectivity index (χ1v) is 8.66. The van der Waals surface area contributed by atoms with E-state index in [9.17, 15) is 14.3 Å².